The first-order valence-electron chi connectivity index (χ1n) is 10.3. The summed E-state index contributed by atoms with van der Waals surface area (Å²) in [7, 11) is 0. The minimum atomic E-state index is -0.260. The van der Waals surface area contributed by atoms with Crippen molar-refractivity contribution in [3.05, 3.63) is 41.6 Å². The zero-order valence-corrected chi connectivity index (χ0v) is 16.7. The van der Waals surface area contributed by atoms with E-state index in [1.165, 1.54) is 5.56 Å². The predicted molar refractivity (Wildman–Crippen MR) is 107 cm³/mol. The van der Waals surface area contributed by atoms with Gasteiger partial charge in [0.2, 0.25) is 17.4 Å². The molecule has 0 radical (unpaired) electrons. The van der Waals surface area contributed by atoms with Crippen molar-refractivity contribution in [3.8, 4) is 0 Å². The van der Waals surface area contributed by atoms with Gasteiger partial charge in [-0.2, -0.15) is 0 Å². The standard InChI is InChI=1S/C21H27N5O3/c1-14(27)26-16(12-15-8-4-2-5-9-15)13-18-17(26)10-6-3-7-11-25(18)21(28)19-20(22)24-29-23-19/h2,4-5,8-9,16-18H,3,6-7,10-13H2,1H3,(H2,22,24)/t16-,17-,18+/m1/s1. The molecule has 2 saturated heterocycles. The number of carbonyl (C=O) groups is 2. The Kier molecular flexibility index (Phi) is 5.51. The number of aromatic nitrogens is 2. The van der Waals surface area contributed by atoms with Crippen molar-refractivity contribution in [3.63, 3.8) is 0 Å². The van der Waals surface area contributed by atoms with Crippen molar-refractivity contribution < 1.29 is 14.2 Å². The van der Waals surface area contributed by atoms with E-state index in [2.05, 4.69) is 27.1 Å². The van der Waals surface area contributed by atoms with Crippen LogP contribution in [-0.2, 0) is 11.2 Å². The first-order chi connectivity index (χ1) is 14.1. The average Bonchev–Trinajstić information content (AvgIpc) is 3.26. The number of nitrogen functional groups attached to an aromatic ring is 1. The minimum Gasteiger partial charge on any atom is -0.379 e. The Morgan fingerprint density at radius 3 is 2.62 bits per heavy atom. The van der Waals surface area contributed by atoms with Gasteiger partial charge in [-0.25, -0.2) is 4.63 Å². The van der Waals surface area contributed by atoms with Gasteiger partial charge in [0.05, 0.1) is 12.1 Å². The molecule has 2 amide bonds. The third-order valence-corrected chi connectivity index (χ3v) is 6.16. The largest absolute Gasteiger partial charge is 0.379 e. The Balaban J connectivity index is 1.64. The van der Waals surface area contributed by atoms with Gasteiger partial charge in [-0.05, 0) is 41.6 Å². The molecule has 2 aliphatic heterocycles. The van der Waals surface area contributed by atoms with E-state index in [9.17, 15) is 9.59 Å². The summed E-state index contributed by atoms with van der Waals surface area (Å²) in [5.41, 5.74) is 7.04. The van der Waals surface area contributed by atoms with E-state index in [-0.39, 0.29) is 41.5 Å². The Morgan fingerprint density at radius 1 is 1.14 bits per heavy atom. The Bertz CT molecular complexity index is 868. The van der Waals surface area contributed by atoms with Gasteiger partial charge >= 0.3 is 0 Å². The van der Waals surface area contributed by atoms with Gasteiger partial charge in [0.1, 0.15) is 0 Å². The van der Waals surface area contributed by atoms with Gasteiger partial charge in [-0.1, -0.05) is 43.2 Å². The van der Waals surface area contributed by atoms with Crippen molar-refractivity contribution in [1.82, 2.24) is 20.1 Å². The van der Waals surface area contributed by atoms with Gasteiger partial charge < -0.3 is 15.5 Å². The number of fused-ring (bicyclic) bond motifs is 1. The zero-order valence-electron chi connectivity index (χ0n) is 16.7. The topological polar surface area (TPSA) is 106 Å². The maximum absolute atomic E-state index is 13.2. The van der Waals surface area contributed by atoms with Crippen LogP contribution in [0.2, 0.25) is 0 Å². The summed E-state index contributed by atoms with van der Waals surface area (Å²) < 4.78 is 4.65. The summed E-state index contributed by atoms with van der Waals surface area (Å²) >= 11 is 0. The van der Waals surface area contributed by atoms with Crippen molar-refractivity contribution in [2.45, 2.75) is 63.6 Å². The molecular formula is C21H27N5O3. The van der Waals surface area contributed by atoms with Crippen LogP contribution in [0.1, 0.15) is 55.1 Å². The van der Waals surface area contributed by atoms with Crippen LogP contribution in [0.4, 0.5) is 5.82 Å². The first-order valence-corrected chi connectivity index (χ1v) is 10.3. The molecule has 8 nitrogen and oxygen atoms in total. The molecule has 0 unspecified atom stereocenters. The number of hydrogen-bond donors (Lipinski definition) is 1. The van der Waals surface area contributed by atoms with E-state index in [1.807, 2.05) is 28.0 Å². The average molecular weight is 397 g/mol. The van der Waals surface area contributed by atoms with Crippen LogP contribution in [0.5, 0.6) is 0 Å². The summed E-state index contributed by atoms with van der Waals surface area (Å²) in [6.07, 6.45) is 5.42. The molecule has 0 spiro atoms. The van der Waals surface area contributed by atoms with Crippen LogP contribution < -0.4 is 5.73 Å². The van der Waals surface area contributed by atoms with E-state index in [4.69, 9.17) is 5.73 Å². The van der Waals surface area contributed by atoms with Crippen LogP contribution in [0.25, 0.3) is 0 Å². The highest BCUT2D eigenvalue weighted by Crippen LogP contribution is 2.36. The van der Waals surface area contributed by atoms with Crippen LogP contribution in [-0.4, -0.2) is 56.6 Å². The number of nitrogens with two attached hydrogens (primary N) is 1. The monoisotopic (exact) mass is 397 g/mol. The summed E-state index contributed by atoms with van der Waals surface area (Å²) in [5, 5.41) is 7.27. The molecule has 3 heterocycles. The number of hydrogen-bond acceptors (Lipinski definition) is 6. The predicted octanol–water partition coefficient (Wildman–Crippen LogP) is 2.27. The maximum atomic E-state index is 13.2. The SMILES string of the molecule is CC(=O)N1[C@H](Cc2ccccc2)C[C@H]2[C@H]1CCCCCN2C(=O)c1nonc1N. The zero-order chi connectivity index (χ0) is 20.4. The summed E-state index contributed by atoms with van der Waals surface area (Å²) in [6, 6.07) is 10.2. The fourth-order valence-corrected chi connectivity index (χ4v) is 4.94. The Labute approximate surface area is 170 Å². The van der Waals surface area contributed by atoms with E-state index in [0.29, 0.717) is 6.54 Å². The Hall–Kier alpha value is -2.90. The highest BCUT2D eigenvalue weighted by Gasteiger charge is 2.47. The van der Waals surface area contributed by atoms with Crippen molar-refractivity contribution in [2.75, 3.05) is 12.3 Å². The number of benzene rings is 1. The molecule has 1 aromatic carbocycles. The number of anilines is 1. The van der Waals surface area contributed by atoms with Crippen LogP contribution in [0, 0.1) is 0 Å². The molecule has 0 aliphatic carbocycles. The van der Waals surface area contributed by atoms with Crippen molar-refractivity contribution >= 4 is 17.6 Å². The van der Waals surface area contributed by atoms with Gasteiger partial charge in [0.15, 0.2) is 0 Å². The molecule has 2 aromatic rings. The molecule has 8 heteroatoms. The number of amides is 2. The number of carbonyl (C=O) groups excluding carboxylic acids is 2. The second-order valence-electron chi connectivity index (χ2n) is 7.99. The van der Waals surface area contributed by atoms with Gasteiger partial charge in [0.25, 0.3) is 5.91 Å². The number of likely N-dealkylation sites (tertiary alicyclic amines) is 2. The molecule has 154 valence electrons. The van der Waals surface area contributed by atoms with Gasteiger partial charge in [0, 0.05) is 19.5 Å². The molecule has 2 N–H and O–H groups in total. The lowest BCUT2D eigenvalue weighted by atomic mass is 9.95. The lowest BCUT2D eigenvalue weighted by Crippen LogP contribution is -2.50. The van der Waals surface area contributed by atoms with Crippen LogP contribution in [0.3, 0.4) is 0 Å². The maximum Gasteiger partial charge on any atom is 0.280 e. The van der Waals surface area contributed by atoms with E-state index in [1.54, 1.807) is 6.92 Å². The lowest BCUT2D eigenvalue weighted by Gasteiger charge is -2.37. The van der Waals surface area contributed by atoms with E-state index < -0.39 is 0 Å². The smallest absolute Gasteiger partial charge is 0.280 e. The van der Waals surface area contributed by atoms with Crippen molar-refractivity contribution in [1.29, 1.82) is 0 Å². The van der Waals surface area contributed by atoms with Crippen LogP contribution >= 0.6 is 0 Å². The summed E-state index contributed by atoms with van der Waals surface area (Å²) in [4.78, 5) is 29.7. The second kappa shape index (κ2) is 8.23. The van der Waals surface area contributed by atoms with Gasteiger partial charge in [-0.15, -0.1) is 0 Å². The van der Waals surface area contributed by atoms with Crippen LogP contribution in [0.15, 0.2) is 35.0 Å². The molecule has 1 aromatic heterocycles. The Morgan fingerprint density at radius 2 is 1.93 bits per heavy atom. The molecule has 0 saturated carbocycles. The molecular weight excluding hydrogens is 370 g/mol. The normalized spacial score (nSPS) is 24.7. The molecule has 4 rings (SSSR count). The summed E-state index contributed by atoms with van der Waals surface area (Å²) in [6.45, 7) is 2.25. The minimum absolute atomic E-state index is 0.00606. The third-order valence-electron chi connectivity index (χ3n) is 6.16. The quantitative estimate of drug-likeness (QED) is 0.852. The second-order valence-corrected chi connectivity index (χ2v) is 7.99. The first kappa shape index (κ1) is 19.4. The summed E-state index contributed by atoms with van der Waals surface area (Å²) in [5.74, 6) is -0.186. The molecule has 2 aliphatic rings. The third kappa shape index (κ3) is 3.83. The molecule has 0 bridgehead atoms. The molecule has 3 atom stereocenters. The molecule has 29 heavy (non-hydrogen) atoms. The van der Waals surface area contributed by atoms with E-state index >= 15 is 0 Å². The number of rotatable bonds is 3. The van der Waals surface area contributed by atoms with E-state index in [0.717, 1.165) is 38.5 Å². The highest BCUT2D eigenvalue weighted by atomic mass is 16.6. The fourth-order valence-electron chi connectivity index (χ4n) is 4.94. The highest BCUT2D eigenvalue weighted by molar-refractivity contribution is 5.96. The fraction of sp³-hybridized carbons (Fsp3) is 0.524. The van der Waals surface area contributed by atoms with Crippen molar-refractivity contribution in [2.24, 2.45) is 0 Å². The lowest BCUT2D eigenvalue weighted by molar-refractivity contribution is -0.132. The molecule has 2 fully saturated rings. The number of nitrogens with zero attached hydrogens (tertiary/aromatic N) is 4. The van der Waals surface area contributed by atoms with Gasteiger partial charge in [-0.3, -0.25) is 9.59 Å².